The molecule has 1 fully saturated rings. The van der Waals surface area contributed by atoms with Gasteiger partial charge < -0.3 is 38.6 Å². The molecule has 2 N–H and O–H groups in total. The molecule has 2 aliphatic heterocycles. The topological polar surface area (TPSA) is 151 Å². The molecule has 1 saturated heterocycles. The lowest BCUT2D eigenvalue weighted by Crippen LogP contribution is -2.52. The molecule has 0 bridgehead atoms. The van der Waals surface area contributed by atoms with E-state index in [4.69, 9.17) is 34.8 Å². The Morgan fingerprint density at radius 2 is 1.45 bits per heavy atom. The number of nitrogens with one attached hydrogen (secondary N) is 2. The molecule has 1 aromatic carbocycles. The van der Waals surface area contributed by atoms with Crippen molar-refractivity contribution in [2.45, 2.75) is 31.8 Å². The quantitative estimate of drug-likeness (QED) is 0.118. The first-order valence-electron chi connectivity index (χ1n) is 14.0. The number of ether oxygens (including phenoxy) is 6. The highest BCUT2D eigenvalue weighted by Gasteiger charge is 2.39. The predicted molar refractivity (Wildman–Crippen MR) is 149 cm³/mol. The summed E-state index contributed by atoms with van der Waals surface area (Å²) < 4.78 is 32.1. The summed E-state index contributed by atoms with van der Waals surface area (Å²) in [6, 6.07) is 4.35. The Bertz CT molecular complexity index is 1090. The normalized spacial score (nSPS) is 16.3. The summed E-state index contributed by atoms with van der Waals surface area (Å²) in [5.74, 6) is 1.11. The SMILES string of the molecule is C#CCOCCOCCOCCOCCOCCOCCC(=O)Nc1ccc2c(c1)CN(C1CCC(=O)NC1=O)C2=O. The molecule has 1 unspecified atom stereocenters. The molecule has 0 aromatic heterocycles. The van der Waals surface area contributed by atoms with E-state index in [1.807, 2.05) is 0 Å². The Morgan fingerprint density at radius 3 is 2.02 bits per heavy atom. The predicted octanol–water partition coefficient (Wildman–Crippen LogP) is 0.509. The van der Waals surface area contributed by atoms with Crippen LogP contribution in [0.4, 0.5) is 5.69 Å². The molecular weight excluding hydrogens is 550 g/mol. The number of hydrogen-bond donors (Lipinski definition) is 2. The average Bonchev–Trinajstić information content (AvgIpc) is 3.29. The molecule has 3 rings (SSSR count). The zero-order valence-corrected chi connectivity index (χ0v) is 23.7. The number of amides is 4. The maximum atomic E-state index is 12.8. The molecule has 0 saturated carbocycles. The maximum absolute atomic E-state index is 12.8. The number of hydrogen-bond acceptors (Lipinski definition) is 10. The molecule has 4 amide bonds. The molecule has 0 spiro atoms. The number of carbonyl (C=O) groups is 4. The minimum Gasteiger partial charge on any atom is -0.379 e. The maximum Gasteiger partial charge on any atom is 0.255 e. The number of piperidine rings is 1. The lowest BCUT2D eigenvalue weighted by atomic mass is 10.0. The second-order valence-electron chi connectivity index (χ2n) is 9.39. The Morgan fingerprint density at radius 1 is 0.881 bits per heavy atom. The van der Waals surface area contributed by atoms with E-state index >= 15 is 0 Å². The van der Waals surface area contributed by atoms with Crippen molar-refractivity contribution in [1.29, 1.82) is 0 Å². The average molecular weight is 590 g/mol. The fourth-order valence-corrected chi connectivity index (χ4v) is 4.27. The van der Waals surface area contributed by atoms with Crippen LogP contribution >= 0.6 is 0 Å². The number of rotatable bonds is 21. The third-order valence-electron chi connectivity index (χ3n) is 6.33. The lowest BCUT2D eigenvalue weighted by molar-refractivity contribution is -0.137. The van der Waals surface area contributed by atoms with Crippen molar-refractivity contribution in [2.24, 2.45) is 0 Å². The fourth-order valence-electron chi connectivity index (χ4n) is 4.27. The van der Waals surface area contributed by atoms with Gasteiger partial charge in [0.2, 0.25) is 17.7 Å². The second kappa shape index (κ2) is 18.9. The third kappa shape index (κ3) is 11.5. The summed E-state index contributed by atoms with van der Waals surface area (Å²) in [6.45, 7) is 5.17. The molecule has 13 heteroatoms. The zero-order chi connectivity index (χ0) is 30.0. The molecule has 1 atom stereocenters. The van der Waals surface area contributed by atoms with Crippen molar-refractivity contribution in [2.75, 3.05) is 84.6 Å². The van der Waals surface area contributed by atoms with E-state index in [-0.39, 0.29) is 50.3 Å². The van der Waals surface area contributed by atoms with E-state index in [9.17, 15) is 19.2 Å². The standard InChI is InChI=1S/C29H39N3O10/c1-2-8-37-10-12-39-14-16-41-18-19-42-17-15-40-13-11-38-9-7-27(34)30-23-3-4-24-22(20-23)21-32(29(24)36)25-5-6-26(33)31-28(25)35/h1,3-4,20,25H,5-19,21H2,(H,30,34)(H,31,33,35). The molecular formula is C29H39N3O10. The first-order chi connectivity index (χ1) is 20.5. The molecule has 13 nitrogen and oxygen atoms in total. The molecule has 0 aliphatic carbocycles. The Labute approximate surface area is 245 Å². The molecule has 230 valence electrons. The minimum absolute atomic E-state index is 0.159. The van der Waals surface area contributed by atoms with Crippen LogP contribution < -0.4 is 10.6 Å². The number of fused-ring (bicyclic) bond motifs is 1. The fraction of sp³-hybridized carbons (Fsp3) is 0.586. The minimum atomic E-state index is -0.679. The van der Waals surface area contributed by atoms with E-state index in [0.29, 0.717) is 83.7 Å². The molecule has 42 heavy (non-hydrogen) atoms. The van der Waals surface area contributed by atoms with E-state index in [0.717, 1.165) is 5.56 Å². The Balaban J connectivity index is 1.15. The van der Waals surface area contributed by atoms with Crippen molar-refractivity contribution in [3.8, 4) is 12.3 Å². The molecule has 0 radical (unpaired) electrons. The highest BCUT2D eigenvalue weighted by atomic mass is 16.6. The molecule has 2 aliphatic rings. The van der Waals surface area contributed by atoms with Crippen LogP contribution in [0.2, 0.25) is 0 Å². The Kier molecular flexibility index (Phi) is 14.9. The van der Waals surface area contributed by atoms with Crippen molar-refractivity contribution in [3.63, 3.8) is 0 Å². The van der Waals surface area contributed by atoms with Gasteiger partial charge in [-0.05, 0) is 30.2 Å². The van der Waals surface area contributed by atoms with Gasteiger partial charge in [-0.2, -0.15) is 0 Å². The van der Waals surface area contributed by atoms with E-state index in [2.05, 4.69) is 16.6 Å². The van der Waals surface area contributed by atoms with Crippen LogP contribution in [0, 0.1) is 12.3 Å². The van der Waals surface area contributed by atoms with Gasteiger partial charge in [-0.1, -0.05) is 5.92 Å². The number of terminal acetylenes is 1. The van der Waals surface area contributed by atoms with Gasteiger partial charge in [0.1, 0.15) is 12.6 Å². The van der Waals surface area contributed by atoms with Crippen molar-refractivity contribution < 1.29 is 47.6 Å². The number of benzene rings is 1. The van der Waals surface area contributed by atoms with Gasteiger partial charge in [-0.3, -0.25) is 24.5 Å². The molecule has 2 heterocycles. The van der Waals surface area contributed by atoms with Gasteiger partial charge >= 0.3 is 0 Å². The van der Waals surface area contributed by atoms with Crippen LogP contribution in [0.5, 0.6) is 0 Å². The van der Waals surface area contributed by atoms with Crippen LogP contribution in [0.3, 0.4) is 0 Å². The lowest BCUT2D eigenvalue weighted by Gasteiger charge is -2.29. The molecule has 1 aromatic rings. The van der Waals surface area contributed by atoms with Gasteiger partial charge in [0.05, 0.1) is 79.1 Å². The highest BCUT2D eigenvalue weighted by Crippen LogP contribution is 2.29. The summed E-state index contributed by atoms with van der Waals surface area (Å²) in [5.41, 5.74) is 1.76. The first-order valence-corrected chi connectivity index (χ1v) is 14.0. The summed E-state index contributed by atoms with van der Waals surface area (Å²) in [4.78, 5) is 50.2. The van der Waals surface area contributed by atoms with Crippen LogP contribution in [-0.2, 0) is 49.3 Å². The number of anilines is 1. The van der Waals surface area contributed by atoms with Gasteiger partial charge in [0.15, 0.2) is 0 Å². The first kappa shape index (κ1) is 33.1. The van der Waals surface area contributed by atoms with E-state index in [1.165, 1.54) is 4.90 Å². The van der Waals surface area contributed by atoms with E-state index < -0.39 is 11.9 Å². The van der Waals surface area contributed by atoms with Crippen molar-refractivity contribution >= 4 is 29.3 Å². The summed E-state index contributed by atoms with van der Waals surface area (Å²) >= 11 is 0. The summed E-state index contributed by atoms with van der Waals surface area (Å²) in [6.07, 6.45) is 5.72. The Hall–Kier alpha value is -3.38. The zero-order valence-electron chi connectivity index (χ0n) is 23.7. The summed E-state index contributed by atoms with van der Waals surface area (Å²) in [7, 11) is 0. The van der Waals surface area contributed by atoms with Crippen molar-refractivity contribution in [3.05, 3.63) is 29.3 Å². The van der Waals surface area contributed by atoms with Crippen LogP contribution in [0.1, 0.15) is 35.2 Å². The van der Waals surface area contributed by atoms with Gasteiger partial charge in [-0.15, -0.1) is 6.42 Å². The second-order valence-corrected chi connectivity index (χ2v) is 9.39. The van der Waals surface area contributed by atoms with Crippen LogP contribution in [-0.4, -0.2) is 114 Å². The number of imide groups is 1. The van der Waals surface area contributed by atoms with Crippen molar-refractivity contribution in [1.82, 2.24) is 10.2 Å². The van der Waals surface area contributed by atoms with Crippen LogP contribution in [0.25, 0.3) is 0 Å². The summed E-state index contributed by atoms with van der Waals surface area (Å²) in [5, 5.41) is 5.09. The smallest absolute Gasteiger partial charge is 0.255 e. The van der Waals surface area contributed by atoms with E-state index in [1.54, 1.807) is 18.2 Å². The van der Waals surface area contributed by atoms with Gasteiger partial charge in [0, 0.05) is 24.2 Å². The number of carbonyl (C=O) groups excluding carboxylic acids is 4. The van der Waals surface area contributed by atoms with Gasteiger partial charge in [-0.25, -0.2) is 0 Å². The highest BCUT2D eigenvalue weighted by molar-refractivity contribution is 6.05. The van der Waals surface area contributed by atoms with Crippen LogP contribution in [0.15, 0.2) is 18.2 Å². The third-order valence-corrected chi connectivity index (χ3v) is 6.33. The monoisotopic (exact) mass is 589 g/mol. The number of nitrogens with zero attached hydrogens (tertiary/aromatic N) is 1. The largest absolute Gasteiger partial charge is 0.379 e. The van der Waals surface area contributed by atoms with Gasteiger partial charge in [0.25, 0.3) is 5.91 Å².